The Morgan fingerprint density at radius 2 is 1.53 bits per heavy atom. The van der Waals surface area contributed by atoms with Crippen LogP contribution in [0.3, 0.4) is 0 Å². The van der Waals surface area contributed by atoms with Crippen molar-refractivity contribution in [2.75, 3.05) is 26.2 Å². The monoisotopic (exact) mass is 271 g/mol. The molecule has 3 amide bonds. The second-order valence-electron chi connectivity index (χ2n) is 5.00. The smallest absolute Gasteiger partial charge is 0.326 e. The standard InChI is InChI=1S/C12H21N3O4/c1-8(2)10(11(17)18)13-12(19)15-6-4-14(5-7-15)9(3)16/h8,10H,4-7H2,1-3H3,(H,13,19)(H,17,18). The first kappa shape index (κ1) is 15.3. The minimum atomic E-state index is -1.04. The summed E-state index contributed by atoms with van der Waals surface area (Å²) in [5.41, 5.74) is 0. The van der Waals surface area contributed by atoms with E-state index in [0.717, 1.165) is 0 Å². The van der Waals surface area contributed by atoms with Crippen molar-refractivity contribution in [1.82, 2.24) is 15.1 Å². The highest BCUT2D eigenvalue weighted by Crippen LogP contribution is 2.06. The van der Waals surface area contributed by atoms with E-state index >= 15 is 0 Å². The van der Waals surface area contributed by atoms with Gasteiger partial charge in [-0.3, -0.25) is 4.79 Å². The van der Waals surface area contributed by atoms with Gasteiger partial charge in [0.2, 0.25) is 5.91 Å². The second kappa shape index (κ2) is 6.40. The van der Waals surface area contributed by atoms with E-state index in [-0.39, 0.29) is 17.9 Å². The first-order valence-electron chi connectivity index (χ1n) is 6.36. The molecule has 0 radical (unpaired) electrons. The SMILES string of the molecule is CC(=O)N1CCN(C(=O)NC(C(=O)O)C(C)C)CC1. The third kappa shape index (κ3) is 4.11. The van der Waals surface area contributed by atoms with Crippen LogP contribution in [0, 0.1) is 5.92 Å². The molecule has 1 fully saturated rings. The Hall–Kier alpha value is -1.79. The molecule has 1 heterocycles. The van der Waals surface area contributed by atoms with Gasteiger partial charge in [0.25, 0.3) is 0 Å². The van der Waals surface area contributed by atoms with Crippen molar-refractivity contribution in [2.45, 2.75) is 26.8 Å². The molecule has 1 saturated heterocycles. The molecular weight excluding hydrogens is 250 g/mol. The van der Waals surface area contributed by atoms with Gasteiger partial charge in [0.05, 0.1) is 0 Å². The highest BCUT2D eigenvalue weighted by atomic mass is 16.4. The molecule has 0 aliphatic carbocycles. The van der Waals surface area contributed by atoms with Crippen LogP contribution in [-0.2, 0) is 9.59 Å². The molecule has 1 aliphatic heterocycles. The van der Waals surface area contributed by atoms with E-state index in [2.05, 4.69) is 5.32 Å². The number of carbonyl (C=O) groups excluding carboxylic acids is 2. The maximum Gasteiger partial charge on any atom is 0.326 e. The minimum Gasteiger partial charge on any atom is -0.480 e. The number of rotatable bonds is 3. The van der Waals surface area contributed by atoms with Gasteiger partial charge in [-0.15, -0.1) is 0 Å². The highest BCUT2D eigenvalue weighted by Gasteiger charge is 2.28. The summed E-state index contributed by atoms with van der Waals surface area (Å²) in [6.45, 7) is 6.81. The van der Waals surface area contributed by atoms with Gasteiger partial charge in [0, 0.05) is 33.1 Å². The molecule has 1 unspecified atom stereocenters. The zero-order valence-electron chi connectivity index (χ0n) is 11.5. The number of amides is 3. The lowest BCUT2D eigenvalue weighted by Gasteiger charge is -2.35. The molecule has 19 heavy (non-hydrogen) atoms. The molecule has 0 bridgehead atoms. The summed E-state index contributed by atoms with van der Waals surface area (Å²) in [6, 6.07) is -1.28. The van der Waals surface area contributed by atoms with Crippen LogP contribution in [-0.4, -0.2) is 65.0 Å². The van der Waals surface area contributed by atoms with E-state index in [1.807, 2.05) is 0 Å². The van der Waals surface area contributed by atoms with Gasteiger partial charge in [-0.2, -0.15) is 0 Å². The maximum absolute atomic E-state index is 11.9. The number of carboxylic acids is 1. The van der Waals surface area contributed by atoms with Crippen molar-refractivity contribution in [1.29, 1.82) is 0 Å². The third-order valence-electron chi connectivity index (χ3n) is 3.22. The summed E-state index contributed by atoms with van der Waals surface area (Å²) < 4.78 is 0. The molecule has 7 heteroatoms. The van der Waals surface area contributed by atoms with Gasteiger partial charge in [-0.25, -0.2) is 9.59 Å². The average Bonchev–Trinajstić information content (AvgIpc) is 2.34. The van der Waals surface area contributed by atoms with E-state index in [9.17, 15) is 14.4 Å². The van der Waals surface area contributed by atoms with Gasteiger partial charge in [0.1, 0.15) is 6.04 Å². The van der Waals surface area contributed by atoms with Crippen LogP contribution in [0.5, 0.6) is 0 Å². The molecular formula is C12H21N3O4. The Labute approximate surface area is 112 Å². The number of aliphatic carboxylic acids is 1. The molecule has 0 aromatic heterocycles. The Morgan fingerprint density at radius 1 is 1.05 bits per heavy atom. The van der Waals surface area contributed by atoms with Crippen LogP contribution in [0.2, 0.25) is 0 Å². The number of nitrogens with one attached hydrogen (secondary N) is 1. The predicted octanol–water partition coefficient (Wildman–Crippen LogP) is -0.0307. The topological polar surface area (TPSA) is 90.0 Å². The number of hydrogen-bond acceptors (Lipinski definition) is 3. The summed E-state index contributed by atoms with van der Waals surface area (Å²) in [4.78, 5) is 37.3. The fourth-order valence-corrected chi connectivity index (χ4v) is 1.96. The van der Waals surface area contributed by atoms with Crippen LogP contribution in [0.4, 0.5) is 4.79 Å². The molecule has 0 spiro atoms. The number of carboxylic acid groups (broad SMARTS) is 1. The van der Waals surface area contributed by atoms with Gasteiger partial charge in [-0.1, -0.05) is 13.8 Å². The minimum absolute atomic E-state index is 0.00866. The summed E-state index contributed by atoms with van der Waals surface area (Å²) in [7, 11) is 0. The fraction of sp³-hybridized carbons (Fsp3) is 0.750. The summed E-state index contributed by atoms with van der Waals surface area (Å²) in [5, 5.41) is 11.5. The molecule has 0 saturated carbocycles. The zero-order chi connectivity index (χ0) is 14.6. The van der Waals surface area contributed by atoms with Crippen molar-refractivity contribution >= 4 is 17.9 Å². The lowest BCUT2D eigenvalue weighted by Crippen LogP contribution is -2.56. The van der Waals surface area contributed by atoms with E-state index in [4.69, 9.17) is 5.11 Å². The Kier molecular flexibility index (Phi) is 5.14. The predicted molar refractivity (Wildman–Crippen MR) is 68.6 cm³/mol. The van der Waals surface area contributed by atoms with Crippen molar-refractivity contribution in [3.8, 4) is 0 Å². The Morgan fingerprint density at radius 3 is 1.89 bits per heavy atom. The lowest BCUT2D eigenvalue weighted by atomic mass is 10.1. The first-order chi connectivity index (χ1) is 8.82. The molecule has 108 valence electrons. The summed E-state index contributed by atoms with van der Waals surface area (Å²) in [5.74, 6) is -1.23. The molecule has 2 N–H and O–H groups in total. The molecule has 1 rings (SSSR count). The fourth-order valence-electron chi connectivity index (χ4n) is 1.96. The Bertz CT molecular complexity index is 362. The molecule has 0 aromatic rings. The number of hydrogen-bond donors (Lipinski definition) is 2. The Balaban J connectivity index is 2.51. The van der Waals surface area contributed by atoms with E-state index in [1.54, 1.807) is 18.7 Å². The maximum atomic E-state index is 11.9. The lowest BCUT2D eigenvalue weighted by molar-refractivity contribution is -0.140. The summed E-state index contributed by atoms with van der Waals surface area (Å²) >= 11 is 0. The third-order valence-corrected chi connectivity index (χ3v) is 3.22. The van der Waals surface area contributed by atoms with Gasteiger partial charge < -0.3 is 20.2 Å². The largest absolute Gasteiger partial charge is 0.480 e. The normalized spacial score (nSPS) is 17.3. The van der Waals surface area contributed by atoms with Gasteiger partial charge in [-0.05, 0) is 5.92 Å². The van der Waals surface area contributed by atoms with Crippen molar-refractivity contribution in [3.05, 3.63) is 0 Å². The van der Waals surface area contributed by atoms with Crippen LogP contribution < -0.4 is 5.32 Å². The number of nitrogens with zero attached hydrogens (tertiary/aromatic N) is 2. The van der Waals surface area contributed by atoms with E-state index < -0.39 is 12.0 Å². The molecule has 7 nitrogen and oxygen atoms in total. The van der Waals surface area contributed by atoms with Crippen molar-refractivity contribution in [2.24, 2.45) is 5.92 Å². The summed E-state index contributed by atoms with van der Waals surface area (Å²) in [6.07, 6.45) is 0. The molecule has 1 aliphatic rings. The molecule has 0 aromatic carbocycles. The highest BCUT2D eigenvalue weighted by molar-refractivity contribution is 5.83. The number of carbonyl (C=O) groups is 3. The second-order valence-corrected chi connectivity index (χ2v) is 5.00. The van der Waals surface area contributed by atoms with Crippen LogP contribution in [0.25, 0.3) is 0 Å². The first-order valence-corrected chi connectivity index (χ1v) is 6.36. The van der Waals surface area contributed by atoms with Crippen LogP contribution in [0.1, 0.15) is 20.8 Å². The van der Waals surface area contributed by atoms with Crippen LogP contribution in [0.15, 0.2) is 0 Å². The van der Waals surface area contributed by atoms with Gasteiger partial charge in [0.15, 0.2) is 0 Å². The average molecular weight is 271 g/mol. The number of piperazine rings is 1. The quantitative estimate of drug-likeness (QED) is 0.754. The van der Waals surface area contributed by atoms with E-state index in [0.29, 0.717) is 26.2 Å². The van der Waals surface area contributed by atoms with Crippen LogP contribution >= 0.6 is 0 Å². The number of urea groups is 1. The van der Waals surface area contributed by atoms with Gasteiger partial charge >= 0.3 is 12.0 Å². The molecule has 1 atom stereocenters. The van der Waals surface area contributed by atoms with E-state index in [1.165, 1.54) is 11.8 Å². The van der Waals surface area contributed by atoms with Crippen molar-refractivity contribution in [3.63, 3.8) is 0 Å². The van der Waals surface area contributed by atoms with Crippen molar-refractivity contribution < 1.29 is 19.5 Å². The zero-order valence-corrected chi connectivity index (χ0v) is 11.5.